The Hall–Kier alpha value is 0.01000. The van der Waals surface area contributed by atoms with Crippen LogP contribution in [0.4, 0.5) is 5.69 Å². The Bertz CT molecular complexity index is 326. The van der Waals surface area contributed by atoms with Gasteiger partial charge in [0.25, 0.3) is 0 Å². The first-order valence-corrected chi connectivity index (χ1v) is 6.26. The normalized spacial score (nSPS) is 10.8. The summed E-state index contributed by atoms with van der Waals surface area (Å²) in [7, 11) is 0. The van der Waals surface area contributed by atoms with Gasteiger partial charge in [0.05, 0.1) is 0 Å². The third-order valence-electron chi connectivity index (χ3n) is 1.59. The SMILES string of the molecule is ClC/C=C/CNc1cc(Br)ccc1Br. The van der Waals surface area contributed by atoms with E-state index < -0.39 is 0 Å². The lowest BCUT2D eigenvalue weighted by atomic mass is 10.3. The Labute approximate surface area is 106 Å². The van der Waals surface area contributed by atoms with Crippen molar-refractivity contribution in [3.63, 3.8) is 0 Å². The van der Waals surface area contributed by atoms with E-state index in [2.05, 4.69) is 37.2 Å². The minimum atomic E-state index is 0.557. The van der Waals surface area contributed by atoms with E-state index in [1.54, 1.807) is 0 Å². The second kappa shape index (κ2) is 6.49. The molecule has 4 heteroatoms. The molecule has 0 atom stereocenters. The van der Waals surface area contributed by atoms with Crippen molar-refractivity contribution in [1.82, 2.24) is 0 Å². The fourth-order valence-electron chi connectivity index (χ4n) is 0.948. The van der Waals surface area contributed by atoms with Crippen LogP contribution in [0.1, 0.15) is 0 Å². The summed E-state index contributed by atoms with van der Waals surface area (Å²) < 4.78 is 2.12. The van der Waals surface area contributed by atoms with Crippen molar-refractivity contribution in [1.29, 1.82) is 0 Å². The summed E-state index contributed by atoms with van der Waals surface area (Å²) in [6.45, 7) is 0.780. The summed E-state index contributed by atoms with van der Waals surface area (Å²) in [5, 5.41) is 3.27. The molecule has 1 aromatic carbocycles. The number of benzene rings is 1. The molecular formula is C10H10Br2ClN. The molecule has 76 valence electrons. The van der Waals surface area contributed by atoms with Gasteiger partial charge in [-0.3, -0.25) is 0 Å². The molecule has 0 aliphatic carbocycles. The number of anilines is 1. The van der Waals surface area contributed by atoms with Crippen molar-refractivity contribution in [3.8, 4) is 0 Å². The Morgan fingerprint density at radius 2 is 2.07 bits per heavy atom. The van der Waals surface area contributed by atoms with E-state index in [4.69, 9.17) is 11.6 Å². The predicted octanol–water partition coefficient (Wildman–Crippen LogP) is 4.42. The van der Waals surface area contributed by atoms with Gasteiger partial charge in [-0.25, -0.2) is 0 Å². The lowest BCUT2D eigenvalue weighted by molar-refractivity contribution is 1.31. The standard InChI is InChI=1S/C10H10Br2ClN/c11-8-3-4-9(12)10(7-8)14-6-2-1-5-13/h1-4,7,14H,5-6H2/b2-1+. The van der Waals surface area contributed by atoms with Crippen molar-refractivity contribution in [2.45, 2.75) is 0 Å². The second-order valence-electron chi connectivity index (χ2n) is 2.63. The van der Waals surface area contributed by atoms with Crippen LogP contribution in [0.15, 0.2) is 39.3 Å². The maximum Gasteiger partial charge on any atom is 0.0498 e. The van der Waals surface area contributed by atoms with E-state index >= 15 is 0 Å². The van der Waals surface area contributed by atoms with Crippen LogP contribution in [0.25, 0.3) is 0 Å². The summed E-state index contributed by atoms with van der Waals surface area (Å²) in [6, 6.07) is 6.01. The topological polar surface area (TPSA) is 12.0 Å². The van der Waals surface area contributed by atoms with Crippen molar-refractivity contribution < 1.29 is 0 Å². The quantitative estimate of drug-likeness (QED) is 0.632. The molecule has 0 saturated carbocycles. The van der Waals surface area contributed by atoms with Gasteiger partial charge in [-0.1, -0.05) is 28.1 Å². The molecule has 1 aromatic rings. The first kappa shape index (κ1) is 12.1. The summed E-state index contributed by atoms with van der Waals surface area (Å²) in [5.74, 6) is 0.557. The van der Waals surface area contributed by atoms with Crippen molar-refractivity contribution in [2.75, 3.05) is 17.7 Å². The Morgan fingerprint density at radius 1 is 1.29 bits per heavy atom. The fraction of sp³-hybridized carbons (Fsp3) is 0.200. The van der Waals surface area contributed by atoms with E-state index in [0.717, 1.165) is 21.2 Å². The highest BCUT2D eigenvalue weighted by molar-refractivity contribution is 9.11. The van der Waals surface area contributed by atoms with Gasteiger partial charge >= 0.3 is 0 Å². The van der Waals surface area contributed by atoms with Crippen LogP contribution in [-0.4, -0.2) is 12.4 Å². The molecule has 0 saturated heterocycles. The summed E-state index contributed by atoms with van der Waals surface area (Å²) >= 11 is 12.4. The molecule has 1 nitrogen and oxygen atoms in total. The molecule has 0 radical (unpaired) electrons. The number of alkyl halides is 1. The van der Waals surface area contributed by atoms with Gasteiger partial charge in [-0.2, -0.15) is 0 Å². The van der Waals surface area contributed by atoms with Crippen LogP contribution in [0.2, 0.25) is 0 Å². The largest absolute Gasteiger partial charge is 0.381 e. The van der Waals surface area contributed by atoms with Gasteiger partial charge in [0.2, 0.25) is 0 Å². The van der Waals surface area contributed by atoms with Crippen LogP contribution in [0.5, 0.6) is 0 Å². The first-order chi connectivity index (χ1) is 6.74. The van der Waals surface area contributed by atoms with Gasteiger partial charge in [0, 0.05) is 27.1 Å². The van der Waals surface area contributed by atoms with E-state index in [1.165, 1.54) is 0 Å². The van der Waals surface area contributed by atoms with Crippen LogP contribution in [0, 0.1) is 0 Å². The number of nitrogens with one attached hydrogen (secondary N) is 1. The zero-order valence-corrected chi connectivity index (χ0v) is 11.4. The predicted molar refractivity (Wildman–Crippen MR) is 70.2 cm³/mol. The minimum Gasteiger partial charge on any atom is -0.381 e. The molecule has 0 unspecified atom stereocenters. The number of hydrogen-bond acceptors (Lipinski definition) is 1. The zero-order valence-electron chi connectivity index (χ0n) is 7.43. The molecule has 0 aromatic heterocycles. The fourth-order valence-corrected chi connectivity index (χ4v) is 1.82. The summed E-state index contributed by atoms with van der Waals surface area (Å²) in [5.41, 5.74) is 1.07. The van der Waals surface area contributed by atoms with Crippen LogP contribution in [-0.2, 0) is 0 Å². The van der Waals surface area contributed by atoms with E-state index in [9.17, 15) is 0 Å². The molecule has 0 fully saturated rings. The Balaban J connectivity index is 2.57. The molecule has 0 amide bonds. The summed E-state index contributed by atoms with van der Waals surface area (Å²) in [6.07, 6.45) is 3.92. The molecule has 0 aliphatic rings. The first-order valence-electron chi connectivity index (χ1n) is 4.14. The van der Waals surface area contributed by atoms with Crippen LogP contribution < -0.4 is 5.32 Å². The third kappa shape index (κ3) is 4.03. The molecule has 1 rings (SSSR count). The monoisotopic (exact) mass is 337 g/mol. The highest BCUT2D eigenvalue weighted by Gasteiger charge is 1.97. The number of hydrogen-bond donors (Lipinski definition) is 1. The molecule has 0 heterocycles. The highest BCUT2D eigenvalue weighted by atomic mass is 79.9. The highest BCUT2D eigenvalue weighted by Crippen LogP contribution is 2.25. The molecule has 1 N–H and O–H groups in total. The maximum atomic E-state index is 5.51. The number of halogens is 3. The van der Waals surface area contributed by atoms with Crippen molar-refractivity contribution in [2.24, 2.45) is 0 Å². The zero-order chi connectivity index (χ0) is 10.4. The number of rotatable bonds is 4. The Kier molecular flexibility index (Phi) is 5.60. The van der Waals surface area contributed by atoms with E-state index in [-0.39, 0.29) is 0 Å². The average Bonchev–Trinajstić information content (AvgIpc) is 2.18. The average molecular weight is 339 g/mol. The van der Waals surface area contributed by atoms with Gasteiger partial charge < -0.3 is 5.32 Å². The smallest absolute Gasteiger partial charge is 0.0498 e. The Morgan fingerprint density at radius 3 is 2.79 bits per heavy atom. The van der Waals surface area contributed by atoms with E-state index in [0.29, 0.717) is 5.88 Å². The minimum absolute atomic E-state index is 0.557. The molecule has 0 bridgehead atoms. The summed E-state index contributed by atoms with van der Waals surface area (Å²) in [4.78, 5) is 0. The molecular weight excluding hydrogens is 329 g/mol. The molecule has 0 spiro atoms. The van der Waals surface area contributed by atoms with Gasteiger partial charge in [0.15, 0.2) is 0 Å². The van der Waals surface area contributed by atoms with Gasteiger partial charge in [-0.15, -0.1) is 11.6 Å². The van der Waals surface area contributed by atoms with Crippen LogP contribution in [0.3, 0.4) is 0 Å². The molecule has 14 heavy (non-hydrogen) atoms. The van der Waals surface area contributed by atoms with E-state index in [1.807, 2.05) is 30.4 Å². The van der Waals surface area contributed by atoms with Crippen molar-refractivity contribution in [3.05, 3.63) is 39.3 Å². The lowest BCUT2D eigenvalue weighted by Crippen LogP contribution is -1.98. The lowest BCUT2D eigenvalue weighted by Gasteiger charge is -2.06. The third-order valence-corrected chi connectivity index (χ3v) is 2.96. The number of allylic oxidation sites excluding steroid dienone is 1. The van der Waals surface area contributed by atoms with Gasteiger partial charge in [-0.05, 0) is 34.1 Å². The van der Waals surface area contributed by atoms with Gasteiger partial charge in [0.1, 0.15) is 0 Å². The maximum absolute atomic E-state index is 5.51. The molecule has 0 aliphatic heterocycles. The van der Waals surface area contributed by atoms with Crippen molar-refractivity contribution >= 4 is 49.1 Å². The second-order valence-corrected chi connectivity index (χ2v) is 4.71. The van der Waals surface area contributed by atoms with Crippen LogP contribution >= 0.6 is 43.5 Å².